The number of pyridine rings is 1. The van der Waals surface area contributed by atoms with Crippen LogP contribution < -0.4 is 0 Å². The number of hydrogen-bond acceptors (Lipinski definition) is 2. The summed E-state index contributed by atoms with van der Waals surface area (Å²) in [5, 5.41) is 0. The maximum Gasteiger partial charge on any atom is 0.165 e. The highest BCUT2D eigenvalue weighted by molar-refractivity contribution is 6.04. The quantitative estimate of drug-likeness (QED) is 0.668. The Morgan fingerprint density at radius 1 is 0.917 bits per heavy atom. The zero-order chi connectivity index (χ0) is 16.5. The van der Waals surface area contributed by atoms with E-state index in [4.69, 9.17) is 0 Å². The van der Waals surface area contributed by atoms with Crippen LogP contribution in [0.15, 0.2) is 66.9 Å². The molecule has 1 aliphatic carbocycles. The predicted molar refractivity (Wildman–Crippen MR) is 96.2 cm³/mol. The van der Waals surface area contributed by atoms with Gasteiger partial charge in [0.05, 0.1) is 5.69 Å². The van der Waals surface area contributed by atoms with Crippen molar-refractivity contribution < 1.29 is 4.79 Å². The second-order valence-electron chi connectivity index (χ2n) is 6.49. The van der Waals surface area contributed by atoms with E-state index in [-0.39, 0.29) is 11.7 Å². The molecule has 0 amide bonds. The molecule has 118 valence electrons. The lowest BCUT2D eigenvalue weighted by Gasteiger charge is -2.25. The van der Waals surface area contributed by atoms with Crippen LogP contribution in [0.25, 0.3) is 11.1 Å². The van der Waals surface area contributed by atoms with Crippen LogP contribution in [0.4, 0.5) is 0 Å². The van der Waals surface area contributed by atoms with Gasteiger partial charge in [-0.15, -0.1) is 0 Å². The van der Waals surface area contributed by atoms with Crippen molar-refractivity contribution in [1.29, 1.82) is 0 Å². The molecule has 1 heterocycles. The third-order valence-electron chi connectivity index (χ3n) is 4.81. The number of aromatic nitrogens is 1. The van der Waals surface area contributed by atoms with Crippen LogP contribution in [-0.4, -0.2) is 10.8 Å². The van der Waals surface area contributed by atoms with Crippen molar-refractivity contribution in [3.8, 4) is 11.1 Å². The summed E-state index contributed by atoms with van der Waals surface area (Å²) < 4.78 is 0. The van der Waals surface area contributed by atoms with Crippen LogP contribution in [0.1, 0.15) is 39.5 Å². The van der Waals surface area contributed by atoms with Crippen molar-refractivity contribution in [2.75, 3.05) is 0 Å². The van der Waals surface area contributed by atoms with Gasteiger partial charge in [0.1, 0.15) is 0 Å². The van der Waals surface area contributed by atoms with E-state index in [0.29, 0.717) is 6.42 Å². The maximum absolute atomic E-state index is 12.9. The molecule has 3 aromatic rings. The highest BCUT2D eigenvalue weighted by Gasteiger charge is 2.29. The van der Waals surface area contributed by atoms with Gasteiger partial charge in [-0.25, -0.2) is 0 Å². The van der Waals surface area contributed by atoms with Gasteiger partial charge in [-0.2, -0.15) is 0 Å². The topological polar surface area (TPSA) is 30.0 Å². The molecule has 0 saturated heterocycles. The largest absolute Gasteiger partial charge is 0.294 e. The van der Waals surface area contributed by atoms with Crippen LogP contribution in [0.3, 0.4) is 0 Å². The van der Waals surface area contributed by atoms with E-state index in [1.807, 2.05) is 30.5 Å². The molecule has 0 radical (unpaired) electrons. The first kappa shape index (κ1) is 14.8. The molecule has 0 bridgehead atoms. The van der Waals surface area contributed by atoms with Crippen LogP contribution in [0.5, 0.6) is 0 Å². The number of hydrogen-bond donors (Lipinski definition) is 0. The number of rotatable bonds is 2. The number of carbonyl (C=O) groups is 1. The van der Waals surface area contributed by atoms with Gasteiger partial charge in [0.2, 0.25) is 0 Å². The van der Waals surface area contributed by atoms with E-state index < -0.39 is 0 Å². The summed E-state index contributed by atoms with van der Waals surface area (Å²) in [5.74, 6) is 0.429. The summed E-state index contributed by atoms with van der Waals surface area (Å²) >= 11 is 0. The van der Waals surface area contributed by atoms with Gasteiger partial charge in [-0.05, 0) is 42.0 Å². The lowest BCUT2D eigenvalue weighted by Crippen LogP contribution is -2.21. The van der Waals surface area contributed by atoms with Crippen molar-refractivity contribution in [2.24, 2.45) is 0 Å². The molecule has 2 nitrogen and oxygen atoms in total. The maximum atomic E-state index is 12.9. The van der Waals surface area contributed by atoms with Crippen LogP contribution >= 0.6 is 0 Å². The second kappa shape index (κ2) is 6.04. The number of ketones is 1. The highest BCUT2D eigenvalue weighted by atomic mass is 16.1. The van der Waals surface area contributed by atoms with E-state index in [2.05, 4.69) is 48.3 Å². The van der Waals surface area contributed by atoms with Crippen LogP contribution in [-0.2, 0) is 6.42 Å². The first-order chi connectivity index (χ1) is 11.7. The molecule has 2 aromatic carbocycles. The Morgan fingerprint density at radius 3 is 2.42 bits per heavy atom. The van der Waals surface area contributed by atoms with Gasteiger partial charge in [-0.3, -0.25) is 9.78 Å². The Morgan fingerprint density at radius 2 is 1.67 bits per heavy atom. The van der Waals surface area contributed by atoms with Gasteiger partial charge in [0.15, 0.2) is 5.78 Å². The molecule has 1 aliphatic rings. The average Bonchev–Trinajstić information content (AvgIpc) is 2.62. The monoisotopic (exact) mass is 313 g/mol. The second-order valence-corrected chi connectivity index (χ2v) is 6.49. The Bertz CT molecular complexity index is 882. The smallest absolute Gasteiger partial charge is 0.165 e. The minimum atomic E-state index is 0.203. The summed E-state index contributed by atoms with van der Waals surface area (Å²) in [6.45, 7) is 2.08. The van der Waals surface area contributed by atoms with Crippen molar-refractivity contribution in [3.05, 3.63) is 89.2 Å². The first-order valence-corrected chi connectivity index (χ1v) is 8.35. The van der Waals surface area contributed by atoms with E-state index in [1.165, 1.54) is 11.1 Å². The average molecular weight is 313 g/mol. The SMILES string of the molecule is Cc1ccc(C2CC(=O)c3c(-c4ccccc4)ccnc3C2)cc1. The summed E-state index contributed by atoms with van der Waals surface area (Å²) in [6.07, 6.45) is 3.21. The molecule has 0 N–H and O–H groups in total. The Hall–Kier alpha value is -2.74. The lowest BCUT2D eigenvalue weighted by atomic mass is 9.79. The molecule has 2 heteroatoms. The molecule has 0 fully saturated rings. The van der Waals surface area contributed by atoms with Gasteiger partial charge in [-0.1, -0.05) is 60.2 Å². The third kappa shape index (κ3) is 2.65. The summed E-state index contributed by atoms with van der Waals surface area (Å²) in [5.41, 5.74) is 6.30. The van der Waals surface area contributed by atoms with Gasteiger partial charge in [0, 0.05) is 18.2 Å². The molecule has 0 saturated carbocycles. The first-order valence-electron chi connectivity index (χ1n) is 8.35. The Labute approximate surface area is 142 Å². The predicted octanol–water partition coefficient (Wildman–Crippen LogP) is 4.97. The Balaban J connectivity index is 1.75. The van der Waals surface area contributed by atoms with Crippen molar-refractivity contribution in [3.63, 3.8) is 0 Å². The number of aryl methyl sites for hydroxylation is 1. The molecule has 1 unspecified atom stereocenters. The van der Waals surface area contributed by atoms with Crippen molar-refractivity contribution in [1.82, 2.24) is 4.98 Å². The van der Waals surface area contributed by atoms with E-state index in [0.717, 1.165) is 28.8 Å². The van der Waals surface area contributed by atoms with E-state index in [1.54, 1.807) is 0 Å². The zero-order valence-electron chi connectivity index (χ0n) is 13.7. The Kier molecular flexibility index (Phi) is 3.73. The fraction of sp³-hybridized carbons (Fsp3) is 0.182. The van der Waals surface area contributed by atoms with Crippen molar-refractivity contribution >= 4 is 5.78 Å². The summed E-state index contributed by atoms with van der Waals surface area (Å²) in [4.78, 5) is 17.4. The van der Waals surface area contributed by atoms with Gasteiger partial charge < -0.3 is 0 Å². The number of nitrogens with zero attached hydrogens (tertiary/aromatic N) is 1. The van der Waals surface area contributed by atoms with Gasteiger partial charge in [0.25, 0.3) is 0 Å². The normalized spacial score (nSPS) is 16.7. The van der Waals surface area contributed by atoms with Crippen molar-refractivity contribution in [2.45, 2.75) is 25.7 Å². The number of fused-ring (bicyclic) bond motifs is 1. The summed E-state index contributed by atoms with van der Waals surface area (Å²) in [6, 6.07) is 20.6. The molecule has 4 rings (SSSR count). The van der Waals surface area contributed by atoms with Gasteiger partial charge >= 0.3 is 0 Å². The molecule has 24 heavy (non-hydrogen) atoms. The fourth-order valence-corrected chi connectivity index (χ4v) is 3.54. The van der Waals surface area contributed by atoms with Crippen LogP contribution in [0.2, 0.25) is 0 Å². The zero-order valence-corrected chi connectivity index (χ0v) is 13.7. The minimum absolute atomic E-state index is 0.203. The third-order valence-corrected chi connectivity index (χ3v) is 4.81. The standard InChI is InChI=1S/C22H19NO/c1-15-7-9-16(10-8-15)18-13-20-22(21(24)14-18)19(11-12-23-20)17-5-3-2-4-6-17/h2-12,18H,13-14H2,1H3. The molecular weight excluding hydrogens is 294 g/mol. The molecular formula is C22H19NO. The molecule has 1 aromatic heterocycles. The molecule has 1 atom stereocenters. The minimum Gasteiger partial charge on any atom is -0.294 e. The molecule has 0 spiro atoms. The lowest BCUT2D eigenvalue weighted by molar-refractivity contribution is 0.0964. The number of Topliss-reactive ketones (excluding diaryl/α,β-unsaturated/α-hetero) is 1. The van der Waals surface area contributed by atoms with E-state index in [9.17, 15) is 4.79 Å². The molecule has 0 aliphatic heterocycles. The highest BCUT2D eigenvalue weighted by Crippen LogP contribution is 2.36. The number of benzene rings is 2. The summed E-state index contributed by atoms with van der Waals surface area (Å²) in [7, 11) is 0. The number of carbonyl (C=O) groups excluding carboxylic acids is 1. The van der Waals surface area contributed by atoms with Crippen LogP contribution in [0, 0.1) is 6.92 Å². The van der Waals surface area contributed by atoms with E-state index >= 15 is 0 Å². The fourth-order valence-electron chi connectivity index (χ4n) is 3.54.